The van der Waals surface area contributed by atoms with Gasteiger partial charge >= 0.3 is 13.8 Å². The zero-order valence-electron chi connectivity index (χ0n) is 16.8. The first-order valence-corrected chi connectivity index (χ1v) is 11.5. The van der Waals surface area contributed by atoms with Crippen molar-refractivity contribution in [2.24, 2.45) is 0 Å². The molecule has 0 aliphatic carbocycles. The van der Waals surface area contributed by atoms with Gasteiger partial charge in [-0.1, -0.05) is 58.3 Å². The van der Waals surface area contributed by atoms with Crippen LogP contribution in [0.15, 0.2) is 0 Å². The number of hydrogen-bond acceptors (Lipinski definition) is 8. The molecule has 0 saturated heterocycles. The minimum Gasteiger partial charge on any atom is -0.457 e. The summed E-state index contributed by atoms with van der Waals surface area (Å²) < 4.78 is 25.7. The molecule has 9 nitrogen and oxygen atoms in total. The molecule has 0 radical (unpaired) electrons. The number of phosphoric ester groups is 1. The van der Waals surface area contributed by atoms with Crippen LogP contribution < -0.4 is 0 Å². The highest BCUT2D eigenvalue weighted by Crippen LogP contribution is 2.43. The van der Waals surface area contributed by atoms with Crippen molar-refractivity contribution in [3.8, 4) is 0 Å². The summed E-state index contributed by atoms with van der Waals surface area (Å²) in [5.41, 5.74) is 0. The van der Waals surface area contributed by atoms with Gasteiger partial charge in [0.15, 0.2) is 0 Å². The smallest absolute Gasteiger partial charge is 0.457 e. The lowest BCUT2D eigenvalue weighted by molar-refractivity contribution is -0.153. The Hall–Kier alpha value is -0.540. The van der Waals surface area contributed by atoms with Gasteiger partial charge in [-0.3, -0.25) is 13.8 Å². The number of unbranched alkanes of at least 4 members (excludes halogenated alkanes) is 8. The molecule has 28 heavy (non-hydrogen) atoms. The third-order valence-corrected chi connectivity index (χ3v) is 5.00. The highest BCUT2D eigenvalue weighted by atomic mass is 31.2. The van der Waals surface area contributed by atoms with Crippen molar-refractivity contribution in [2.45, 2.75) is 83.3 Å². The molecule has 0 heterocycles. The average Bonchev–Trinajstić information content (AvgIpc) is 2.68. The third-order valence-electron chi connectivity index (χ3n) is 4.05. The molecule has 0 aliphatic heterocycles. The molecule has 0 rings (SSSR count). The zero-order valence-corrected chi connectivity index (χ0v) is 17.7. The number of carbonyl (C=O) groups is 1. The van der Waals surface area contributed by atoms with E-state index in [4.69, 9.17) is 14.9 Å². The molecule has 0 saturated carbocycles. The predicted molar refractivity (Wildman–Crippen MR) is 104 cm³/mol. The van der Waals surface area contributed by atoms with Gasteiger partial charge in [-0.25, -0.2) is 4.57 Å². The summed E-state index contributed by atoms with van der Waals surface area (Å²) >= 11 is 0. The number of hydrogen-bond donors (Lipinski definition) is 4. The monoisotopic (exact) mass is 428 g/mol. The molecule has 0 amide bonds. The van der Waals surface area contributed by atoms with Crippen LogP contribution >= 0.6 is 7.82 Å². The van der Waals surface area contributed by atoms with E-state index < -0.39 is 52.4 Å². The standard InChI is InChI=1S/C18H37O9P/c1-2-3-4-5-6-7-8-9-10-11-18(22)27-17(13-20)15-26-28(23,24)25-14-16(21)12-19/h16-17,19-21H,2-15H2,1H3,(H,23,24)/t16-,17+/m0/s1. The Kier molecular flexibility index (Phi) is 17.0. The Bertz CT molecular complexity index is 433. The first kappa shape index (κ1) is 27.5. The largest absolute Gasteiger partial charge is 0.472 e. The van der Waals surface area contributed by atoms with Crippen molar-refractivity contribution >= 4 is 13.8 Å². The Morgan fingerprint density at radius 2 is 1.43 bits per heavy atom. The second kappa shape index (κ2) is 17.3. The van der Waals surface area contributed by atoms with Gasteiger partial charge in [0.2, 0.25) is 0 Å². The second-order valence-corrected chi connectivity index (χ2v) is 8.22. The fourth-order valence-corrected chi connectivity index (χ4v) is 3.19. The van der Waals surface area contributed by atoms with Gasteiger partial charge in [0.1, 0.15) is 12.2 Å². The average molecular weight is 428 g/mol. The van der Waals surface area contributed by atoms with E-state index in [-0.39, 0.29) is 6.42 Å². The summed E-state index contributed by atoms with van der Waals surface area (Å²) in [6.07, 6.45) is 7.91. The molecular weight excluding hydrogens is 391 g/mol. The number of rotatable bonds is 19. The molecule has 0 aromatic carbocycles. The maximum Gasteiger partial charge on any atom is 0.472 e. The number of esters is 1. The SMILES string of the molecule is CCCCCCCCCCCC(=O)O[C@H](CO)COP(=O)(O)OC[C@@H](O)CO. The second-order valence-electron chi connectivity index (χ2n) is 6.77. The Morgan fingerprint density at radius 3 is 1.96 bits per heavy atom. The quantitative estimate of drug-likeness (QED) is 0.138. The summed E-state index contributed by atoms with van der Waals surface area (Å²) in [7, 11) is -4.49. The molecule has 0 spiro atoms. The molecule has 1 unspecified atom stereocenters. The number of aliphatic hydroxyl groups excluding tert-OH is 3. The summed E-state index contributed by atoms with van der Waals surface area (Å²) in [4.78, 5) is 21.2. The van der Waals surface area contributed by atoms with Crippen LogP contribution in [-0.4, -0.2) is 64.8 Å². The number of aliphatic hydroxyl groups is 3. The lowest BCUT2D eigenvalue weighted by atomic mass is 10.1. The lowest BCUT2D eigenvalue weighted by Gasteiger charge is -2.18. The third kappa shape index (κ3) is 16.4. The molecule has 10 heteroatoms. The van der Waals surface area contributed by atoms with Gasteiger partial charge in [-0.2, -0.15) is 0 Å². The molecule has 168 valence electrons. The summed E-state index contributed by atoms with van der Waals surface area (Å²) in [5.74, 6) is -0.505. The Labute approximate surface area is 167 Å². The minimum absolute atomic E-state index is 0.211. The van der Waals surface area contributed by atoms with Crippen LogP contribution in [0.3, 0.4) is 0 Å². The molecule has 0 aliphatic rings. The van der Waals surface area contributed by atoms with Crippen LogP contribution in [0.4, 0.5) is 0 Å². The Balaban J connectivity index is 3.86. The maximum absolute atomic E-state index is 11.8. The number of carbonyl (C=O) groups excluding carboxylic acids is 1. The van der Waals surface area contributed by atoms with Gasteiger partial charge < -0.3 is 24.9 Å². The van der Waals surface area contributed by atoms with E-state index in [1.807, 2.05) is 0 Å². The lowest BCUT2D eigenvalue weighted by Crippen LogP contribution is -2.27. The molecule has 4 N–H and O–H groups in total. The number of phosphoric acid groups is 1. The highest BCUT2D eigenvalue weighted by Gasteiger charge is 2.25. The van der Waals surface area contributed by atoms with Crippen molar-refractivity contribution in [2.75, 3.05) is 26.4 Å². The van der Waals surface area contributed by atoms with Crippen LogP contribution in [0.5, 0.6) is 0 Å². The van der Waals surface area contributed by atoms with Crippen molar-refractivity contribution in [1.82, 2.24) is 0 Å². The van der Waals surface area contributed by atoms with Crippen molar-refractivity contribution in [3.63, 3.8) is 0 Å². The highest BCUT2D eigenvalue weighted by molar-refractivity contribution is 7.47. The first-order chi connectivity index (χ1) is 13.3. The Morgan fingerprint density at radius 1 is 0.893 bits per heavy atom. The van der Waals surface area contributed by atoms with Crippen LogP contribution in [0.25, 0.3) is 0 Å². The van der Waals surface area contributed by atoms with Crippen LogP contribution in [0, 0.1) is 0 Å². The molecule has 0 fully saturated rings. The number of ether oxygens (including phenoxy) is 1. The van der Waals surface area contributed by atoms with E-state index in [1.165, 1.54) is 32.1 Å². The maximum atomic E-state index is 11.8. The van der Waals surface area contributed by atoms with E-state index in [1.54, 1.807) is 0 Å². The van der Waals surface area contributed by atoms with Gasteiger partial charge in [0.05, 0.1) is 26.4 Å². The molecule has 0 aromatic heterocycles. The van der Waals surface area contributed by atoms with Crippen LogP contribution in [0.1, 0.15) is 71.1 Å². The predicted octanol–water partition coefficient (Wildman–Crippen LogP) is 2.30. The fourth-order valence-electron chi connectivity index (χ4n) is 2.40. The molecule has 0 bridgehead atoms. The van der Waals surface area contributed by atoms with Crippen molar-refractivity contribution in [3.05, 3.63) is 0 Å². The minimum atomic E-state index is -4.49. The molecular formula is C18H37O9P. The topological polar surface area (TPSA) is 143 Å². The van der Waals surface area contributed by atoms with Crippen LogP contribution in [0.2, 0.25) is 0 Å². The normalized spacial score (nSPS) is 15.8. The van der Waals surface area contributed by atoms with E-state index in [0.717, 1.165) is 19.3 Å². The molecule has 3 atom stereocenters. The van der Waals surface area contributed by atoms with E-state index >= 15 is 0 Å². The van der Waals surface area contributed by atoms with E-state index in [2.05, 4.69) is 16.0 Å². The fraction of sp³-hybridized carbons (Fsp3) is 0.944. The summed E-state index contributed by atoms with van der Waals surface area (Å²) in [6, 6.07) is 0. The summed E-state index contributed by atoms with van der Waals surface area (Å²) in [6.45, 7) is -0.124. The van der Waals surface area contributed by atoms with Crippen molar-refractivity contribution in [1.29, 1.82) is 0 Å². The van der Waals surface area contributed by atoms with E-state index in [0.29, 0.717) is 6.42 Å². The van der Waals surface area contributed by atoms with E-state index in [9.17, 15) is 19.4 Å². The summed E-state index contributed by atoms with van der Waals surface area (Å²) in [5, 5.41) is 26.9. The van der Waals surface area contributed by atoms with Crippen molar-refractivity contribution < 1.29 is 43.4 Å². The van der Waals surface area contributed by atoms with Gasteiger partial charge in [0, 0.05) is 6.42 Å². The first-order valence-electron chi connectivity index (χ1n) is 10.1. The van der Waals surface area contributed by atoms with Gasteiger partial charge in [-0.15, -0.1) is 0 Å². The van der Waals surface area contributed by atoms with Gasteiger partial charge in [-0.05, 0) is 6.42 Å². The zero-order chi connectivity index (χ0) is 21.3. The van der Waals surface area contributed by atoms with Crippen LogP contribution in [-0.2, 0) is 23.1 Å². The molecule has 0 aromatic rings. The van der Waals surface area contributed by atoms with Gasteiger partial charge in [0.25, 0.3) is 0 Å².